The number of hydrogen-bond donors (Lipinski definition) is 0. The predicted molar refractivity (Wildman–Crippen MR) is 73.6 cm³/mol. The van der Waals surface area contributed by atoms with E-state index in [1.165, 1.54) is 0 Å². The van der Waals surface area contributed by atoms with Crippen LogP contribution in [-0.2, 0) is 0 Å². The van der Waals surface area contributed by atoms with Crippen molar-refractivity contribution < 1.29 is 120 Å². The molecule has 0 spiro atoms. The second kappa shape index (κ2) is 13.6. The smallest absolute Gasteiger partial charge is 0.545 e. The number of ketones is 1. The van der Waals surface area contributed by atoms with Crippen LogP contribution in [0.5, 0.6) is 0 Å². The van der Waals surface area contributed by atoms with Crippen molar-refractivity contribution in [2.45, 2.75) is 0 Å². The zero-order valence-electron chi connectivity index (χ0n) is 16.6. The van der Waals surface area contributed by atoms with Gasteiger partial charge in [0, 0.05) is 33.4 Å². The summed E-state index contributed by atoms with van der Waals surface area (Å²) in [4.78, 5) is 56.2. The number of carboxylic acid groups (broad SMARTS) is 4. The van der Waals surface area contributed by atoms with E-state index in [1.807, 2.05) is 0 Å². The average Bonchev–Trinajstić information content (AvgIpc) is 2.59. The summed E-state index contributed by atoms with van der Waals surface area (Å²) in [5.74, 6) is -8.19. The molecule has 0 aliphatic heterocycles. The minimum Gasteiger partial charge on any atom is -0.545 e. The Bertz CT molecular complexity index is 912. The van der Waals surface area contributed by atoms with E-state index in [-0.39, 0.29) is 86.6 Å². The molecular weight excluding hydrogens is 376 g/mol. The van der Waals surface area contributed by atoms with Crippen LogP contribution in [0, 0.1) is 0 Å². The summed E-state index contributed by atoms with van der Waals surface area (Å²) in [5, 5.41) is 43.8. The van der Waals surface area contributed by atoms with Crippen molar-refractivity contribution in [3.05, 3.63) is 69.8 Å². The van der Waals surface area contributed by atoms with Gasteiger partial charge in [-0.15, -0.1) is 0 Å². The van der Waals surface area contributed by atoms with E-state index >= 15 is 0 Å². The summed E-state index contributed by atoms with van der Waals surface area (Å²) in [6, 6.07) is 5.09. The monoisotopic (exact) mass is 382 g/mol. The Labute approximate surface area is 217 Å². The first-order chi connectivity index (χ1) is 12.1. The third-order valence-electron chi connectivity index (χ3n) is 3.44. The molecule has 30 heavy (non-hydrogen) atoms. The van der Waals surface area contributed by atoms with E-state index in [0.29, 0.717) is 0 Å². The molecule has 0 saturated heterocycles. The van der Waals surface area contributed by atoms with Crippen LogP contribution in [0.2, 0.25) is 0 Å². The minimum absolute atomic E-state index is 0. The predicted octanol–water partition coefficient (Wildman–Crippen LogP) is -15.6. The minimum atomic E-state index is -1.86. The molecule has 0 aliphatic rings. The quantitative estimate of drug-likeness (QED) is 0.346. The first kappa shape index (κ1) is 33.0. The Morgan fingerprint density at radius 1 is 0.467 bits per heavy atom. The molecule has 132 valence electrons. The van der Waals surface area contributed by atoms with Crippen molar-refractivity contribution in [3.63, 3.8) is 0 Å². The first-order valence-electron chi connectivity index (χ1n) is 6.81. The molecule has 0 atom stereocenters. The molecule has 9 nitrogen and oxygen atoms in total. The van der Waals surface area contributed by atoms with Crippen molar-refractivity contribution in [2.24, 2.45) is 0 Å². The van der Waals surface area contributed by atoms with Gasteiger partial charge in [0.25, 0.3) is 0 Å². The van der Waals surface area contributed by atoms with Gasteiger partial charge in [-0.2, -0.15) is 0 Å². The summed E-state index contributed by atoms with van der Waals surface area (Å²) < 4.78 is 0. The molecule has 0 amide bonds. The summed E-state index contributed by atoms with van der Waals surface area (Å²) in [6.45, 7) is 0. The van der Waals surface area contributed by atoms with Crippen LogP contribution >= 0.6 is 0 Å². The number of carboxylic acids is 4. The molecule has 0 saturated carbocycles. The zero-order valence-corrected chi connectivity index (χ0v) is 16.6. The Morgan fingerprint density at radius 3 is 0.967 bits per heavy atom. The van der Waals surface area contributed by atoms with E-state index in [0.717, 1.165) is 36.4 Å². The van der Waals surface area contributed by atoms with Crippen LogP contribution in [-0.4, -0.2) is 29.7 Å². The molecular formula is C17H6Li4O9. The largest absolute Gasteiger partial charge is 1.00 e. The fourth-order valence-electron chi connectivity index (χ4n) is 2.23. The molecule has 0 N–H and O–H groups in total. The Balaban J connectivity index is -0.00000182. The molecule has 0 aliphatic carbocycles. The van der Waals surface area contributed by atoms with Crippen LogP contribution in [0.1, 0.15) is 57.4 Å². The average molecular weight is 382 g/mol. The Morgan fingerprint density at radius 2 is 0.733 bits per heavy atom. The van der Waals surface area contributed by atoms with Gasteiger partial charge in [-0.25, -0.2) is 0 Å². The fraction of sp³-hybridized carbons (Fsp3) is 0. The first-order valence-corrected chi connectivity index (χ1v) is 6.81. The van der Waals surface area contributed by atoms with Crippen molar-refractivity contribution in [1.29, 1.82) is 0 Å². The van der Waals surface area contributed by atoms with Gasteiger partial charge in [0.05, 0.1) is 23.9 Å². The van der Waals surface area contributed by atoms with E-state index in [4.69, 9.17) is 0 Å². The number of benzene rings is 2. The van der Waals surface area contributed by atoms with Gasteiger partial charge in [0.2, 0.25) is 0 Å². The molecule has 2 rings (SSSR count). The summed E-state index contributed by atoms with van der Waals surface area (Å²) in [6.07, 6.45) is 0. The maximum Gasteiger partial charge on any atom is 1.00 e. The van der Waals surface area contributed by atoms with Gasteiger partial charge in [-0.05, 0) is 12.1 Å². The van der Waals surface area contributed by atoms with Crippen LogP contribution in [0.25, 0.3) is 0 Å². The van der Waals surface area contributed by atoms with Crippen LogP contribution in [0.4, 0.5) is 0 Å². The normalized spacial score (nSPS) is 8.80. The Hall–Kier alpha value is -1.62. The fourth-order valence-corrected chi connectivity index (χ4v) is 2.23. The van der Waals surface area contributed by atoms with Crippen molar-refractivity contribution in [2.75, 3.05) is 0 Å². The zero-order chi connectivity index (χ0) is 19.6. The van der Waals surface area contributed by atoms with Gasteiger partial charge < -0.3 is 39.6 Å². The third-order valence-corrected chi connectivity index (χ3v) is 3.44. The molecule has 0 bridgehead atoms. The van der Waals surface area contributed by atoms with Gasteiger partial charge in [0.15, 0.2) is 5.78 Å². The van der Waals surface area contributed by atoms with E-state index < -0.39 is 51.9 Å². The molecule has 0 fully saturated rings. The van der Waals surface area contributed by atoms with Crippen LogP contribution in [0.15, 0.2) is 36.4 Å². The third kappa shape index (κ3) is 7.26. The van der Waals surface area contributed by atoms with Gasteiger partial charge in [-0.1, -0.05) is 24.3 Å². The number of carbonyl (C=O) groups excluding carboxylic acids is 5. The summed E-state index contributed by atoms with van der Waals surface area (Å²) in [7, 11) is 0. The molecule has 0 heterocycles. The SMILES string of the molecule is O=C(c1ccc(C(=O)[O-])c(C(=O)[O-])c1)c1ccc(C(=O)[O-])c(C(=O)[O-])c1.[Li+].[Li+].[Li+].[Li+]. The van der Waals surface area contributed by atoms with Gasteiger partial charge in [0.1, 0.15) is 0 Å². The summed E-state index contributed by atoms with van der Waals surface area (Å²) >= 11 is 0. The number of rotatable bonds is 6. The van der Waals surface area contributed by atoms with Gasteiger partial charge in [-0.3, -0.25) is 4.79 Å². The molecule has 2 aromatic carbocycles. The molecule has 13 heteroatoms. The van der Waals surface area contributed by atoms with E-state index in [2.05, 4.69) is 0 Å². The van der Waals surface area contributed by atoms with E-state index in [9.17, 15) is 44.4 Å². The molecule has 0 aromatic heterocycles. The van der Waals surface area contributed by atoms with Gasteiger partial charge >= 0.3 is 75.4 Å². The molecule has 0 unspecified atom stereocenters. The number of hydrogen-bond acceptors (Lipinski definition) is 9. The summed E-state index contributed by atoms with van der Waals surface area (Å²) in [5.41, 5.74) is -3.60. The van der Waals surface area contributed by atoms with E-state index in [1.54, 1.807) is 0 Å². The van der Waals surface area contributed by atoms with Crippen molar-refractivity contribution >= 4 is 29.7 Å². The molecule has 0 radical (unpaired) electrons. The maximum atomic E-state index is 12.4. The number of aromatic carboxylic acids is 4. The number of carbonyl (C=O) groups is 5. The maximum absolute atomic E-state index is 12.4. The van der Waals surface area contributed by atoms with Crippen LogP contribution in [0.3, 0.4) is 0 Å². The second-order valence-corrected chi connectivity index (χ2v) is 5.00. The molecule has 2 aromatic rings. The topological polar surface area (TPSA) is 178 Å². The van der Waals surface area contributed by atoms with Crippen molar-refractivity contribution in [1.82, 2.24) is 0 Å². The standard InChI is InChI=1S/C17H10O9.4Li/c18-13(7-1-3-9(14(19)20)11(5-7)16(23)24)8-2-4-10(15(21)22)12(6-8)17(25)26;;;;/h1-6H,(H,19,20)(H,21,22)(H,23,24)(H,25,26);;;;/q;4*+1/p-4. The Kier molecular flexibility index (Phi) is 15.0. The van der Waals surface area contributed by atoms with Crippen molar-refractivity contribution in [3.8, 4) is 0 Å². The van der Waals surface area contributed by atoms with Crippen LogP contribution < -0.4 is 95.9 Å². The second-order valence-electron chi connectivity index (χ2n) is 5.00.